The molecule has 1 aliphatic heterocycles. The van der Waals surface area contributed by atoms with E-state index in [-0.39, 0.29) is 24.0 Å². The lowest BCUT2D eigenvalue weighted by Crippen LogP contribution is -2.42. The maximum absolute atomic E-state index is 6.01. The topological polar surface area (TPSA) is 67.4 Å². The average Bonchev–Trinajstić information content (AvgIpc) is 2.85. The summed E-state index contributed by atoms with van der Waals surface area (Å²) in [6.07, 6.45) is 4.40. The van der Waals surface area contributed by atoms with E-state index in [0.29, 0.717) is 12.5 Å². The van der Waals surface area contributed by atoms with Crippen LogP contribution in [0, 0.1) is 5.92 Å². The van der Waals surface area contributed by atoms with Gasteiger partial charge in [-0.15, -0.1) is 34.2 Å². The zero-order valence-electron chi connectivity index (χ0n) is 11.2. The van der Waals surface area contributed by atoms with Crippen molar-refractivity contribution in [3.63, 3.8) is 0 Å². The number of rotatable bonds is 3. The Hall–Kier alpha value is -0.0900. The van der Waals surface area contributed by atoms with E-state index in [9.17, 15) is 0 Å². The van der Waals surface area contributed by atoms with Gasteiger partial charge in [0.1, 0.15) is 5.01 Å². The summed E-state index contributed by atoms with van der Waals surface area (Å²) in [6, 6.07) is 0. The van der Waals surface area contributed by atoms with Crippen molar-refractivity contribution in [3.05, 3.63) is 5.01 Å². The number of thioether (sulfide) groups is 1. The van der Waals surface area contributed by atoms with Crippen LogP contribution in [0.25, 0.3) is 0 Å². The van der Waals surface area contributed by atoms with Crippen molar-refractivity contribution in [2.24, 2.45) is 16.6 Å². The fraction of sp³-hybridized carbons (Fsp3) is 0.727. The molecule has 1 aromatic heterocycles. The highest BCUT2D eigenvalue weighted by atomic mass is 127. The van der Waals surface area contributed by atoms with Gasteiger partial charge in [0.25, 0.3) is 0 Å². The van der Waals surface area contributed by atoms with Crippen molar-refractivity contribution in [3.8, 4) is 0 Å². The van der Waals surface area contributed by atoms with Crippen LogP contribution in [0.4, 0.5) is 0 Å². The SMILES string of the molecule is CSc1nnc(CN=C(N)N2CCC(C)CC2)s1.I. The van der Waals surface area contributed by atoms with Crippen LogP contribution in [0.15, 0.2) is 9.33 Å². The fourth-order valence-corrected chi connectivity index (χ4v) is 3.11. The highest BCUT2D eigenvalue weighted by Crippen LogP contribution is 2.20. The molecule has 8 heteroatoms. The molecule has 0 amide bonds. The van der Waals surface area contributed by atoms with Gasteiger partial charge in [0.15, 0.2) is 10.3 Å². The zero-order chi connectivity index (χ0) is 13.0. The van der Waals surface area contributed by atoms with E-state index in [2.05, 4.69) is 27.0 Å². The summed E-state index contributed by atoms with van der Waals surface area (Å²) >= 11 is 3.19. The molecule has 108 valence electrons. The summed E-state index contributed by atoms with van der Waals surface area (Å²) < 4.78 is 0.977. The number of guanidine groups is 1. The van der Waals surface area contributed by atoms with E-state index >= 15 is 0 Å². The summed E-state index contributed by atoms with van der Waals surface area (Å²) in [5.41, 5.74) is 6.01. The van der Waals surface area contributed by atoms with Gasteiger partial charge in [-0.3, -0.25) is 0 Å². The van der Waals surface area contributed by atoms with Crippen LogP contribution in [0.2, 0.25) is 0 Å². The second-order valence-corrected chi connectivity index (χ2v) is 6.63. The molecule has 19 heavy (non-hydrogen) atoms. The van der Waals surface area contributed by atoms with Crippen LogP contribution < -0.4 is 5.73 Å². The molecule has 1 fully saturated rings. The van der Waals surface area contributed by atoms with Gasteiger partial charge < -0.3 is 10.6 Å². The summed E-state index contributed by atoms with van der Waals surface area (Å²) in [6.45, 7) is 4.86. The Bertz CT molecular complexity index is 415. The predicted octanol–water partition coefficient (Wildman–Crippen LogP) is 2.42. The molecule has 0 unspecified atom stereocenters. The highest BCUT2D eigenvalue weighted by Gasteiger charge is 2.16. The number of aliphatic imine (C=N–C) groups is 1. The normalized spacial score (nSPS) is 17.4. The lowest BCUT2D eigenvalue weighted by Gasteiger charge is -2.30. The Kier molecular flexibility index (Phi) is 7.37. The molecule has 0 aromatic carbocycles. The number of piperidine rings is 1. The van der Waals surface area contributed by atoms with E-state index in [1.165, 1.54) is 12.8 Å². The highest BCUT2D eigenvalue weighted by molar-refractivity contribution is 14.0. The van der Waals surface area contributed by atoms with E-state index < -0.39 is 0 Å². The number of likely N-dealkylation sites (tertiary alicyclic amines) is 1. The summed E-state index contributed by atoms with van der Waals surface area (Å²) in [5, 5.41) is 9.05. The molecule has 5 nitrogen and oxygen atoms in total. The minimum absolute atomic E-state index is 0. The smallest absolute Gasteiger partial charge is 0.191 e. The maximum atomic E-state index is 6.01. The Balaban J connectivity index is 0.00000180. The van der Waals surface area contributed by atoms with Gasteiger partial charge >= 0.3 is 0 Å². The lowest BCUT2D eigenvalue weighted by atomic mass is 10.00. The Morgan fingerprint density at radius 1 is 1.47 bits per heavy atom. The van der Waals surface area contributed by atoms with Crippen LogP contribution in [-0.4, -0.2) is 40.4 Å². The molecule has 2 N–H and O–H groups in total. The molecule has 1 aromatic rings. The van der Waals surface area contributed by atoms with E-state index in [1.54, 1.807) is 23.1 Å². The van der Waals surface area contributed by atoms with Crippen LogP contribution >= 0.6 is 47.1 Å². The van der Waals surface area contributed by atoms with Crippen molar-refractivity contribution >= 4 is 53.0 Å². The molecule has 2 rings (SSSR count). The molecule has 0 radical (unpaired) electrons. The average molecular weight is 413 g/mol. The molecule has 0 spiro atoms. The number of hydrogen-bond donors (Lipinski definition) is 1. The first-order valence-electron chi connectivity index (χ1n) is 6.10. The van der Waals surface area contributed by atoms with E-state index in [1.807, 2.05) is 6.26 Å². The zero-order valence-corrected chi connectivity index (χ0v) is 15.2. The second kappa shape index (κ2) is 8.25. The minimum atomic E-state index is 0. The first-order valence-corrected chi connectivity index (χ1v) is 8.14. The molecule has 0 saturated carbocycles. The largest absolute Gasteiger partial charge is 0.370 e. The second-order valence-electron chi connectivity index (χ2n) is 4.51. The number of halogens is 1. The maximum Gasteiger partial charge on any atom is 0.191 e. The monoisotopic (exact) mass is 413 g/mol. The van der Waals surface area contributed by atoms with Crippen molar-refractivity contribution in [2.45, 2.75) is 30.6 Å². The molecule has 1 aliphatic rings. The fourth-order valence-electron chi connectivity index (χ4n) is 1.87. The number of hydrogen-bond acceptors (Lipinski definition) is 5. The number of aromatic nitrogens is 2. The summed E-state index contributed by atoms with van der Waals surface area (Å²) in [7, 11) is 0. The van der Waals surface area contributed by atoms with Crippen LogP contribution in [-0.2, 0) is 6.54 Å². The van der Waals surface area contributed by atoms with Crippen molar-refractivity contribution in [1.82, 2.24) is 15.1 Å². The Morgan fingerprint density at radius 2 is 2.16 bits per heavy atom. The van der Waals surface area contributed by atoms with Gasteiger partial charge in [-0.1, -0.05) is 30.0 Å². The molecule has 0 atom stereocenters. The van der Waals surface area contributed by atoms with E-state index in [0.717, 1.165) is 28.4 Å². The van der Waals surface area contributed by atoms with Gasteiger partial charge in [-0.05, 0) is 25.0 Å². The first kappa shape index (κ1) is 17.0. The lowest BCUT2D eigenvalue weighted by molar-refractivity contribution is 0.277. The van der Waals surface area contributed by atoms with Crippen molar-refractivity contribution < 1.29 is 0 Å². The predicted molar refractivity (Wildman–Crippen MR) is 92.4 cm³/mol. The van der Waals surface area contributed by atoms with Crippen molar-refractivity contribution in [1.29, 1.82) is 0 Å². The van der Waals surface area contributed by atoms with Gasteiger partial charge in [-0.25, -0.2) is 4.99 Å². The quantitative estimate of drug-likeness (QED) is 0.357. The number of nitrogens with two attached hydrogens (primary N) is 1. The van der Waals surface area contributed by atoms with Crippen LogP contribution in [0.5, 0.6) is 0 Å². The van der Waals surface area contributed by atoms with Crippen molar-refractivity contribution in [2.75, 3.05) is 19.3 Å². The van der Waals surface area contributed by atoms with Crippen LogP contribution in [0.3, 0.4) is 0 Å². The van der Waals surface area contributed by atoms with Gasteiger partial charge in [0.05, 0.1) is 6.54 Å². The number of nitrogens with zero attached hydrogens (tertiary/aromatic N) is 4. The third-order valence-electron chi connectivity index (χ3n) is 3.11. The first-order chi connectivity index (χ1) is 8.69. The molecular formula is C11H20IN5S2. The molecular weight excluding hydrogens is 393 g/mol. The minimum Gasteiger partial charge on any atom is -0.370 e. The standard InChI is InChI=1S/C11H19N5S2.HI/c1-8-3-5-16(6-4-8)10(12)13-7-9-14-15-11(17-2)18-9;/h8H,3-7H2,1-2H3,(H2,12,13);1H. The third-order valence-corrected chi connectivity index (χ3v) is 4.99. The Morgan fingerprint density at radius 3 is 2.74 bits per heavy atom. The summed E-state index contributed by atoms with van der Waals surface area (Å²) in [5.74, 6) is 1.45. The molecule has 2 heterocycles. The molecule has 0 aliphatic carbocycles. The summed E-state index contributed by atoms with van der Waals surface area (Å²) in [4.78, 5) is 6.57. The van der Waals surface area contributed by atoms with Gasteiger partial charge in [-0.2, -0.15) is 0 Å². The molecule has 0 bridgehead atoms. The third kappa shape index (κ3) is 5.07. The molecule has 1 saturated heterocycles. The van der Waals surface area contributed by atoms with Crippen LogP contribution in [0.1, 0.15) is 24.8 Å². The Labute approximate surface area is 139 Å². The van der Waals surface area contributed by atoms with E-state index in [4.69, 9.17) is 5.73 Å². The van der Waals surface area contributed by atoms with Gasteiger partial charge in [0, 0.05) is 13.1 Å². The van der Waals surface area contributed by atoms with Gasteiger partial charge in [0.2, 0.25) is 0 Å².